The van der Waals surface area contributed by atoms with Crippen molar-refractivity contribution in [2.45, 2.75) is 44.8 Å². The fourth-order valence-corrected chi connectivity index (χ4v) is 4.08. The van der Waals surface area contributed by atoms with Crippen LogP contribution in [0.4, 0.5) is 0 Å². The largest absolute Gasteiger partial charge is 0.481 e. The maximum atomic E-state index is 11.3. The molecule has 2 bridgehead atoms. The lowest BCUT2D eigenvalue weighted by molar-refractivity contribution is -0.142. The summed E-state index contributed by atoms with van der Waals surface area (Å²) in [5.41, 5.74) is 3.19. The van der Waals surface area contributed by atoms with Crippen LogP contribution in [0.2, 0.25) is 0 Å². The summed E-state index contributed by atoms with van der Waals surface area (Å²) < 4.78 is 2.05. The Hall–Kier alpha value is -1.88. The first kappa shape index (κ1) is 12.8. The van der Waals surface area contributed by atoms with Crippen molar-refractivity contribution in [3.05, 3.63) is 35.8 Å². The van der Waals surface area contributed by atoms with Gasteiger partial charge in [0.2, 0.25) is 0 Å². The van der Waals surface area contributed by atoms with Gasteiger partial charge in [-0.1, -0.05) is 6.07 Å². The molecule has 4 rings (SSSR count). The van der Waals surface area contributed by atoms with Gasteiger partial charge >= 0.3 is 5.97 Å². The van der Waals surface area contributed by atoms with Gasteiger partial charge in [0.15, 0.2) is 0 Å². The van der Waals surface area contributed by atoms with Gasteiger partial charge in [0.1, 0.15) is 5.65 Å². The minimum atomic E-state index is -0.641. The van der Waals surface area contributed by atoms with Crippen LogP contribution >= 0.6 is 0 Å². The van der Waals surface area contributed by atoms with E-state index in [0.29, 0.717) is 6.04 Å². The molecule has 0 spiro atoms. The van der Waals surface area contributed by atoms with Crippen molar-refractivity contribution in [3.63, 3.8) is 0 Å². The van der Waals surface area contributed by atoms with Crippen LogP contribution in [0.1, 0.15) is 30.5 Å². The molecule has 5 nitrogen and oxygen atoms in total. The Morgan fingerprint density at radius 1 is 1.48 bits per heavy atom. The van der Waals surface area contributed by atoms with E-state index in [0.717, 1.165) is 42.7 Å². The van der Waals surface area contributed by atoms with Crippen LogP contribution < -0.4 is 0 Å². The van der Waals surface area contributed by atoms with Crippen molar-refractivity contribution in [1.29, 1.82) is 0 Å². The van der Waals surface area contributed by atoms with Gasteiger partial charge in [0.05, 0.1) is 11.6 Å². The lowest BCUT2D eigenvalue weighted by Crippen LogP contribution is -2.32. The second-order valence-corrected chi connectivity index (χ2v) is 6.31. The number of aryl methyl sites for hydroxylation is 1. The smallest absolute Gasteiger partial charge is 0.308 e. The molecule has 2 aliphatic rings. The van der Waals surface area contributed by atoms with E-state index < -0.39 is 5.97 Å². The minimum absolute atomic E-state index is 0.192. The van der Waals surface area contributed by atoms with Crippen molar-refractivity contribution >= 4 is 11.6 Å². The van der Waals surface area contributed by atoms with E-state index in [2.05, 4.69) is 28.5 Å². The Morgan fingerprint density at radius 3 is 3.05 bits per heavy atom. The molecule has 3 atom stereocenters. The topological polar surface area (TPSA) is 57.8 Å². The highest BCUT2D eigenvalue weighted by Gasteiger charge is 2.49. The van der Waals surface area contributed by atoms with Crippen LogP contribution in [0.15, 0.2) is 24.5 Å². The van der Waals surface area contributed by atoms with Gasteiger partial charge in [-0.25, -0.2) is 4.98 Å². The van der Waals surface area contributed by atoms with E-state index in [-0.39, 0.29) is 12.0 Å². The monoisotopic (exact) mass is 285 g/mol. The second-order valence-electron chi connectivity index (χ2n) is 6.31. The van der Waals surface area contributed by atoms with E-state index in [1.54, 1.807) is 0 Å². The van der Waals surface area contributed by atoms with Gasteiger partial charge in [0.25, 0.3) is 0 Å². The fourth-order valence-electron chi connectivity index (χ4n) is 4.08. The second kappa shape index (κ2) is 4.56. The first-order valence-corrected chi connectivity index (χ1v) is 7.55. The van der Waals surface area contributed by atoms with Crippen LogP contribution in [0, 0.1) is 12.8 Å². The standard InChI is InChI=1S/C16H19N3O2/c1-10-3-2-6-18-8-11(17-15(10)18)9-19-12-4-5-14(19)13(7-12)16(20)21/h2-3,6,8,12-14H,4-5,7,9H2,1H3,(H,20,21). The number of fused-ring (bicyclic) bond motifs is 3. The van der Waals surface area contributed by atoms with Gasteiger partial charge in [-0.2, -0.15) is 0 Å². The predicted octanol–water partition coefficient (Wildman–Crippen LogP) is 2.08. The van der Waals surface area contributed by atoms with Crippen LogP contribution in [-0.2, 0) is 11.3 Å². The number of imidazole rings is 1. The summed E-state index contributed by atoms with van der Waals surface area (Å²) in [4.78, 5) is 18.4. The normalized spacial score (nSPS) is 28.5. The molecule has 0 aliphatic carbocycles. The molecule has 1 N–H and O–H groups in total. The maximum absolute atomic E-state index is 11.3. The molecule has 2 aromatic heterocycles. The fraction of sp³-hybridized carbons (Fsp3) is 0.500. The zero-order valence-electron chi connectivity index (χ0n) is 12.1. The highest BCUT2D eigenvalue weighted by Crippen LogP contribution is 2.42. The first-order valence-electron chi connectivity index (χ1n) is 7.55. The molecule has 2 aromatic rings. The zero-order chi connectivity index (χ0) is 14.6. The number of carboxylic acid groups (broad SMARTS) is 1. The summed E-state index contributed by atoms with van der Waals surface area (Å²) in [7, 11) is 0. The van der Waals surface area contributed by atoms with Gasteiger partial charge in [-0.05, 0) is 37.8 Å². The molecular weight excluding hydrogens is 266 g/mol. The minimum Gasteiger partial charge on any atom is -0.481 e. The lowest BCUT2D eigenvalue weighted by atomic mass is 9.89. The molecule has 2 fully saturated rings. The van der Waals surface area contributed by atoms with Crippen molar-refractivity contribution < 1.29 is 9.90 Å². The number of hydrogen-bond acceptors (Lipinski definition) is 3. The van der Waals surface area contributed by atoms with E-state index >= 15 is 0 Å². The van der Waals surface area contributed by atoms with E-state index in [9.17, 15) is 9.90 Å². The Bertz CT molecular complexity index is 709. The Labute approximate surface area is 123 Å². The average Bonchev–Trinajstić information content (AvgIpc) is 3.13. The Morgan fingerprint density at radius 2 is 2.33 bits per heavy atom. The zero-order valence-corrected chi connectivity index (χ0v) is 12.1. The third-order valence-electron chi connectivity index (χ3n) is 5.07. The Kier molecular flexibility index (Phi) is 2.79. The molecule has 2 saturated heterocycles. The summed E-state index contributed by atoms with van der Waals surface area (Å²) in [6.07, 6.45) is 7.01. The Balaban J connectivity index is 1.61. The number of pyridine rings is 1. The van der Waals surface area contributed by atoms with Gasteiger partial charge in [-0.3, -0.25) is 9.69 Å². The summed E-state index contributed by atoms with van der Waals surface area (Å²) >= 11 is 0. The first-order chi connectivity index (χ1) is 10.1. The van der Waals surface area contributed by atoms with Crippen LogP contribution in [-0.4, -0.2) is 37.4 Å². The van der Waals surface area contributed by atoms with Gasteiger partial charge in [0, 0.05) is 31.0 Å². The summed E-state index contributed by atoms with van der Waals surface area (Å²) in [6.45, 7) is 2.83. The molecule has 0 saturated carbocycles. The maximum Gasteiger partial charge on any atom is 0.308 e. The third-order valence-corrected chi connectivity index (χ3v) is 5.07. The number of carbonyl (C=O) groups is 1. The number of rotatable bonds is 3. The quantitative estimate of drug-likeness (QED) is 0.938. The van der Waals surface area contributed by atoms with Crippen LogP contribution in [0.25, 0.3) is 5.65 Å². The average molecular weight is 285 g/mol. The molecular formula is C16H19N3O2. The number of aromatic nitrogens is 2. The lowest BCUT2D eigenvalue weighted by Gasteiger charge is -2.21. The molecule has 5 heteroatoms. The van der Waals surface area contributed by atoms with E-state index in [1.807, 2.05) is 12.3 Å². The van der Waals surface area contributed by atoms with Crippen LogP contribution in [0.5, 0.6) is 0 Å². The number of hydrogen-bond donors (Lipinski definition) is 1. The molecule has 3 unspecified atom stereocenters. The number of nitrogens with zero attached hydrogens (tertiary/aromatic N) is 3. The van der Waals surface area contributed by atoms with E-state index in [4.69, 9.17) is 4.98 Å². The summed E-state index contributed by atoms with van der Waals surface area (Å²) in [6, 6.07) is 4.69. The van der Waals surface area contributed by atoms with Gasteiger partial charge < -0.3 is 9.51 Å². The van der Waals surface area contributed by atoms with Crippen molar-refractivity contribution in [2.75, 3.05) is 0 Å². The van der Waals surface area contributed by atoms with Gasteiger partial charge in [-0.15, -0.1) is 0 Å². The molecule has 0 amide bonds. The SMILES string of the molecule is Cc1cccn2cc(CN3C4CCC3C(C(=O)O)C4)nc12. The molecule has 2 aliphatic heterocycles. The summed E-state index contributed by atoms with van der Waals surface area (Å²) in [5.74, 6) is -0.833. The molecule has 21 heavy (non-hydrogen) atoms. The summed E-state index contributed by atoms with van der Waals surface area (Å²) in [5, 5.41) is 9.32. The number of aliphatic carboxylic acids is 1. The molecule has 0 aromatic carbocycles. The highest BCUT2D eigenvalue weighted by atomic mass is 16.4. The third kappa shape index (κ3) is 1.95. The predicted molar refractivity (Wildman–Crippen MR) is 78.0 cm³/mol. The molecule has 0 radical (unpaired) electrons. The van der Waals surface area contributed by atoms with Crippen LogP contribution in [0.3, 0.4) is 0 Å². The van der Waals surface area contributed by atoms with Crippen molar-refractivity contribution in [3.8, 4) is 0 Å². The molecule has 110 valence electrons. The van der Waals surface area contributed by atoms with Crippen molar-refractivity contribution in [2.24, 2.45) is 5.92 Å². The highest BCUT2D eigenvalue weighted by molar-refractivity contribution is 5.71. The molecule has 4 heterocycles. The number of carboxylic acids is 1. The van der Waals surface area contributed by atoms with E-state index in [1.165, 1.54) is 0 Å². The van der Waals surface area contributed by atoms with Crippen molar-refractivity contribution in [1.82, 2.24) is 14.3 Å².